The average Bonchev–Trinajstić information content (AvgIpc) is 2.39. The summed E-state index contributed by atoms with van der Waals surface area (Å²) in [7, 11) is -0.982. The zero-order valence-electron chi connectivity index (χ0n) is 12.1. The SMILES string of the molecule is CCC1CN(S(=O)(=O)CC2CCNCC2)CCN1C. The van der Waals surface area contributed by atoms with Gasteiger partial charge in [-0.3, -0.25) is 0 Å². The standard InChI is InChI=1S/C13H27N3O2S/c1-3-13-10-16(9-8-15(13)2)19(17,18)11-12-4-6-14-7-5-12/h12-14H,3-11H2,1-2H3. The molecule has 0 spiro atoms. The third-order valence-electron chi connectivity index (χ3n) is 4.51. The van der Waals surface area contributed by atoms with Gasteiger partial charge in [0.1, 0.15) is 0 Å². The zero-order chi connectivity index (χ0) is 13.9. The summed E-state index contributed by atoms with van der Waals surface area (Å²) in [5.74, 6) is 0.681. The Kier molecular flexibility index (Phi) is 5.22. The van der Waals surface area contributed by atoms with E-state index >= 15 is 0 Å². The van der Waals surface area contributed by atoms with Crippen LogP contribution in [0.3, 0.4) is 0 Å². The normalized spacial score (nSPS) is 28.6. The summed E-state index contributed by atoms with van der Waals surface area (Å²) in [5, 5.41) is 3.29. The van der Waals surface area contributed by atoms with E-state index in [1.54, 1.807) is 4.31 Å². The monoisotopic (exact) mass is 289 g/mol. The first-order chi connectivity index (χ1) is 9.03. The molecular formula is C13H27N3O2S. The Morgan fingerprint density at radius 1 is 1.21 bits per heavy atom. The number of nitrogens with one attached hydrogen (secondary N) is 1. The predicted octanol–water partition coefficient (Wildman–Crippen LogP) is 0.342. The summed E-state index contributed by atoms with van der Waals surface area (Å²) in [4.78, 5) is 2.27. The fourth-order valence-corrected chi connectivity index (χ4v) is 4.96. The molecule has 6 heteroatoms. The van der Waals surface area contributed by atoms with E-state index < -0.39 is 10.0 Å². The summed E-state index contributed by atoms with van der Waals surface area (Å²) in [6.07, 6.45) is 2.99. The lowest BCUT2D eigenvalue weighted by molar-refractivity contribution is 0.143. The van der Waals surface area contributed by atoms with E-state index in [0.717, 1.165) is 38.9 Å². The summed E-state index contributed by atoms with van der Waals surface area (Å²) in [6.45, 7) is 6.22. The molecule has 0 aliphatic carbocycles. The van der Waals surface area contributed by atoms with Crippen molar-refractivity contribution in [3.05, 3.63) is 0 Å². The molecule has 112 valence electrons. The molecule has 0 bridgehead atoms. The predicted molar refractivity (Wildman–Crippen MR) is 77.7 cm³/mol. The Labute approximate surface area is 117 Å². The smallest absolute Gasteiger partial charge is 0.214 e. The van der Waals surface area contributed by atoms with Crippen LogP contribution in [0.25, 0.3) is 0 Å². The van der Waals surface area contributed by atoms with Crippen LogP contribution in [0.4, 0.5) is 0 Å². The minimum absolute atomic E-state index is 0.339. The molecular weight excluding hydrogens is 262 g/mol. The van der Waals surface area contributed by atoms with E-state index in [1.165, 1.54) is 0 Å². The van der Waals surface area contributed by atoms with Gasteiger partial charge in [0, 0.05) is 25.7 Å². The van der Waals surface area contributed by atoms with Crippen molar-refractivity contribution in [1.82, 2.24) is 14.5 Å². The molecule has 1 atom stereocenters. The Hall–Kier alpha value is -0.170. The van der Waals surface area contributed by atoms with Gasteiger partial charge < -0.3 is 10.2 Å². The number of rotatable bonds is 4. The number of piperazine rings is 1. The van der Waals surface area contributed by atoms with Crippen LogP contribution in [0.2, 0.25) is 0 Å². The summed E-state index contributed by atoms with van der Waals surface area (Å²) < 4.78 is 26.7. The molecule has 0 aromatic heterocycles. The van der Waals surface area contributed by atoms with Gasteiger partial charge >= 0.3 is 0 Å². The summed E-state index contributed by atoms with van der Waals surface area (Å²) >= 11 is 0. The first-order valence-electron chi connectivity index (χ1n) is 7.41. The third kappa shape index (κ3) is 3.90. The number of sulfonamides is 1. The minimum Gasteiger partial charge on any atom is -0.317 e. The molecule has 0 radical (unpaired) electrons. The molecule has 2 rings (SSSR count). The van der Waals surface area contributed by atoms with E-state index in [2.05, 4.69) is 24.2 Å². The second kappa shape index (κ2) is 6.52. The largest absolute Gasteiger partial charge is 0.317 e. The van der Waals surface area contributed by atoms with Crippen molar-refractivity contribution in [3.8, 4) is 0 Å². The number of piperidine rings is 1. The van der Waals surface area contributed by atoms with Gasteiger partial charge in [0.15, 0.2) is 0 Å². The second-order valence-corrected chi connectivity index (χ2v) is 7.89. The Morgan fingerprint density at radius 2 is 1.89 bits per heavy atom. The van der Waals surface area contributed by atoms with Gasteiger partial charge in [-0.2, -0.15) is 4.31 Å². The first kappa shape index (κ1) is 15.2. The van der Waals surface area contributed by atoms with Crippen LogP contribution >= 0.6 is 0 Å². The molecule has 1 N–H and O–H groups in total. The maximum Gasteiger partial charge on any atom is 0.214 e. The maximum absolute atomic E-state index is 12.5. The van der Waals surface area contributed by atoms with Crippen LogP contribution in [-0.4, -0.2) is 69.2 Å². The van der Waals surface area contributed by atoms with Crippen LogP contribution in [0.15, 0.2) is 0 Å². The van der Waals surface area contributed by atoms with Crippen LogP contribution < -0.4 is 5.32 Å². The topological polar surface area (TPSA) is 52.7 Å². The quantitative estimate of drug-likeness (QED) is 0.811. The molecule has 0 saturated carbocycles. The molecule has 19 heavy (non-hydrogen) atoms. The van der Waals surface area contributed by atoms with E-state index in [4.69, 9.17) is 0 Å². The molecule has 2 heterocycles. The molecule has 2 fully saturated rings. The number of hydrogen-bond acceptors (Lipinski definition) is 4. The van der Waals surface area contributed by atoms with E-state index in [0.29, 0.717) is 30.8 Å². The molecule has 2 saturated heterocycles. The van der Waals surface area contributed by atoms with Crippen molar-refractivity contribution in [2.24, 2.45) is 5.92 Å². The van der Waals surface area contributed by atoms with E-state index in [9.17, 15) is 8.42 Å². The molecule has 5 nitrogen and oxygen atoms in total. The van der Waals surface area contributed by atoms with Gasteiger partial charge in [0.2, 0.25) is 10.0 Å². The van der Waals surface area contributed by atoms with Gasteiger partial charge in [-0.05, 0) is 45.3 Å². The van der Waals surface area contributed by atoms with Crippen molar-refractivity contribution >= 4 is 10.0 Å². The highest BCUT2D eigenvalue weighted by Crippen LogP contribution is 2.20. The van der Waals surface area contributed by atoms with E-state index in [-0.39, 0.29) is 0 Å². The first-order valence-corrected chi connectivity index (χ1v) is 9.02. The van der Waals surface area contributed by atoms with Crippen LogP contribution in [0.1, 0.15) is 26.2 Å². The van der Waals surface area contributed by atoms with Gasteiger partial charge in [0.05, 0.1) is 5.75 Å². The maximum atomic E-state index is 12.5. The minimum atomic E-state index is -3.07. The van der Waals surface area contributed by atoms with Crippen molar-refractivity contribution in [1.29, 1.82) is 0 Å². The molecule has 0 amide bonds. The lowest BCUT2D eigenvalue weighted by Crippen LogP contribution is -2.53. The van der Waals surface area contributed by atoms with Crippen LogP contribution in [-0.2, 0) is 10.0 Å². The molecule has 2 aliphatic rings. The molecule has 2 aliphatic heterocycles. The van der Waals surface area contributed by atoms with Crippen molar-refractivity contribution in [2.45, 2.75) is 32.2 Å². The van der Waals surface area contributed by atoms with Crippen molar-refractivity contribution < 1.29 is 8.42 Å². The summed E-state index contributed by atoms with van der Waals surface area (Å²) in [6, 6.07) is 0.372. The Bertz CT molecular complexity index is 379. The highest BCUT2D eigenvalue weighted by molar-refractivity contribution is 7.89. The molecule has 1 unspecified atom stereocenters. The van der Waals surface area contributed by atoms with Gasteiger partial charge in [-0.15, -0.1) is 0 Å². The third-order valence-corrected chi connectivity index (χ3v) is 6.52. The van der Waals surface area contributed by atoms with E-state index in [1.807, 2.05) is 0 Å². The Balaban J connectivity index is 1.95. The fourth-order valence-electron chi connectivity index (χ4n) is 3.06. The Morgan fingerprint density at radius 3 is 2.53 bits per heavy atom. The highest BCUT2D eigenvalue weighted by Gasteiger charge is 2.32. The average molecular weight is 289 g/mol. The summed E-state index contributed by atoms with van der Waals surface area (Å²) in [5.41, 5.74) is 0. The van der Waals surface area contributed by atoms with Gasteiger partial charge in [0.25, 0.3) is 0 Å². The number of likely N-dealkylation sites (N-methyl/N-ethyl adjacent to an activating group) is 1. The lowest BCUT2D eigenvalue weighted by Gasteiger charge is -2.39. The molecule has 0 aromatic carbocycles. The van der Waals surface area contributed by atoms with Crippen molar-refractivity contribution in [3.63, 3.8) is 0 Å². The second-order valence-electron chi connectivity index (χ2n) is 5.87. The number of nitrogens with zero attached hydrogens (tertiary/aromatic N) is 2. The van der Waals surface area contributed by atoms with Crippen LogP contribution in [0, 0.1) is 5.92 Å². The zero-order valence-corrected chi connectivity index (χ0v) is 13.0. The molecule has 0 aromatic rings. The lowest BCUT2D eigenvalue weighted by atomic mass is 10.0. The van der Waals surface area contributed by atoms with Gasteiger partial charge in [-0.1, -0.05) is 6.92 Å². The number of hydrogen-bond donors (Lipinski definition) is 1. The van der Waals surface area contributed by atoms with Crippen molar-refractivity contribution in [2.75, 3.05) is 45.5 Å². The van der Waals surface area contributed by atoms with Gasteiger partial charge in [-0.25, -0.2) is 8.42 Å². The highest BCUT2D eigenvalue weighted by atomic mass is 32.2. The fraction of sp³-hybridized carbons (Fsp3) is 1.00. The van der Waals surface area contributed by atoms with Crippen LogP contribution in [0.5, 0.6) is 0 Å².